The summed E-state index contributed by atoms with van der Waals surface area (Å²) >= 11 is 1.50. The van der Waals surface area contributed by atoms with Gasteiger partial charge in [0, 0.05) is 36.6 Å². The summed E-state index contributed by atoms with van der Waals surface area (Å²) in [4.78, 5) is 9.00. The maximum absolute atomic E-state index is 5.76. The van der Waals surface area contributed by atoms with Gasteiger partial charge in [-0.1, -0.05) is 11.3 Å². The number of hydrogen-bond donors (Lipinski definition) is 0. The van der Waals surface area contributed by atoms with Crippen LogP contribution in [-0.2, 0) is 16.5 Å². The van der Waals surface area contributed by atoms with Crippen LogP contribution < -0.4 is 0 Å². The van der Waals surface area contributed by atoms with Crippen molar-refractivity contribution in [3.05, 3.63) is 48.5 Å². The fourth-order valence-corrected chi connectivity index (χ4v) is 3.99. The summed E-state index contributed by atoms with van der Waals surface area (Å²) in [6.07, 6.45) is 6.01. The molecule has 0 bridgehead atoms. The second-order valence-electron chi connectivity index (χ2n) is 6.34. The van der Waals surface area contributed by atoms with Gasteiger partial charge in [-0.3, -0.25) is 4.98 Å². The van der Waals surface area contributed by atoms with Crippen molar-refractivity contribution in [3.63, 3.8) is 0 Å². The van der Waals surface area contributed by atoms with E-state index in [1.165, 1.54) is 11.3 Å². The van der Waals surface area contributed by atoms with E-state index >= 15 is 0 Å². The van der Waals surface area contributed by atoms with Crippen molar-refractivity contribution in [1.29, 1.82) is 0 Å². The zero-order valence-corrected chi connectivity index (χ0v) is 15.5. The molecule has 0 saturated carbocycles. The van der Waals surface area contributed by atoms with Crippen molar-refractivity contribution in [2.24, 2.45) is 7.05 Å². The molecule has 27 heavy (non-hydrogen) atoms. The number of aromatic nitrogens is 5. The minimum Gasteiger partial charge on any atom is -0.350 e. The van der Waals surface area contributed by atoms with Crippen molar-refractivity contribution >= 4 is 22.2 Å². The lowest BCUT2D eigenvalue weighted by molar-refractivity contribution is -0.184. The van der Waals surface area contributed by atoms with Gasteiger partial charge in [0.05, 0.1) is 24.4 Å². The molecule has 1 fully saturated rings. The monoisotopic (exact) mass is 379 g/mol. The lowest BCUT2D eigenvalue weighted by Crippen LogP contribution is -2.19. The van der Waals surface area contributed by atoms with Crippen molar-refractivity contribution in [1.82, 2.24) is 24.7 Å². The topological polar surface area (TPSA) is 75.0 Å². The van der Waals surface area contributed by atoms with E-state index < -0.39 is 6.29 Å². The molecule has 0 amide bonds. The van der Waals surface area contributed by atoms with Crippen molar-refractivity contribution in [2.45, 2.75) is 12.7 Å². The van der Waals surface area contributed by atoms with Crippen molar-refractivity contribution in [3.8, 4) is 21.3 Å². The molecule has 1 aliphatic heterocycles. The molecule has 0 aromatic carbocycles. The van der Waals surface area contributed by atoms with Crippen LogP contribution in [0.4, 0.5) is 0 Å². The SMILES string of the molecule is Cn1ccc2c(-c3nnc(-c4cccnc4)s3)nc(C3OCCCO3)cc21. The number of ether oxygens (including phenoxy) is 2. The molecule has 5 heterocycles. The summed E-state index contributed by atoms with van der Waals surface area (Å²) in [6, 6.07) is 7.94. The number of pyridine rings is 2. The minimum atomic E-state index is -0.442. The molecular formula is C19H17N5O2S. The molecule has 1 aliphatic rings. The average molecular weight is 379 g/mol. The van der Waals surface area contributed by atoms with Crippen LogP contribution in [0.3, 0.4) is 0 Å². The second-order valence-corrected chi connectivity index (χ2v) is 7.31. The molecule has 0 radical (unpaired) electrons. The van der Waals surface area contributed by atoms with Gasteiger partial charge in [-0.2, -0.15) is 0 Å². The number of rotatable bonds is 3. The van der Waals surface area contributed by atoms with E-state index in [9.17, 15) is 0 Å². The van der Waals surface area contributed by atoms with E-state index in [4.69, 9.17) is 14.5 Å². The van der Waals surface area contributed by atoms with Gasteiger partial charge in [-0.25, -0.2) is 4.98 Å². The predicted octanol–water partition coefficient (Wildman–Crippen LogP) is 3.59. The molecule has 136 valence electrons. The minimum absolute atomic E-state index is 0.442. The third-order valence-electron chi connectivity index (χ3n) is 4.51. The first-order valence-electron chi connectivity index (χ1n) is 8.73. The summed E-state index contributed by atoms with van der Waals surface area (Å²) in [7, 11) is 2.01. The Hall–Kier alpha value is -2.68. The zero-order valence-electron chi connectivity index (χ0n) is 14.7. The third-order valence-corrected chi connectivity index (χ3v) is 5.49. The molecule has 0 N–H and O–H groups in total. The summed E-state index contributed by atoms with van der Waals surface area (Å²) < 4.78 is 13.6. The molecule has 0 atom stereocenters. The molecule has 5 rings (SSSR count). The Labute approximate surface area is 159 Å². The molecular weight excluding hydrogens is 362 g/mol. The maximum Gasteiger partial charge on any atom is 0.201 e. The Morgan fingerprint density at radius 2 is 2.00 bits per heavy atom. The van der Waals surface area contributed by atoms with Crippen molar-refractivity contribution in [2.75, 3.05) is 13.2 Å². The fourth-order valence-electron chi connectivity index (χ4n) is 3.15. The van der Waals surface area contributed by atoms with Crippen LogP contribution in [0.25, 0.3) is 32.2 Å². The highest BCUT2D eigenvalue weighted by Crippen LogP contribution is 2.35. The number of hydrogen-bond acceptors (Lipinski definition) is 7. The Morgan fingerprint density at radius 3 is 2.81 bits per heavy atom. The Morgan fingerprint density at radius 1 is 1.15 bits per heavy atom. The molecule has 7 nitrogen and oxygen atoms in total. The average Bonchev–Trinajstić information content (AvgIpc) is 3.36. The first-order chi connectivity index (χ1) is 13.3. The van der Waals surface area contributed by atoms with Gasteiger partial charge >= 0.3 is 0 Å². The van der Waals surface area contributed by atoms with Crippen LogP contribution in [0.1, 0.15) is 18.4 Å². The van der Waals surface area contributed by atoms with E-state index in [2.05, 4.69) is 25.8 Å². The largest absolute Gasteiger partial charge is 0.350 e. The van der Waals surface area contributed by atoms with Crippen molar-refractivity contribution < 1.29 is 9.47 Å². The molecule has 0 aliphatic carbocycles. The molecule has 4 aromatic rings. The van der Waals surface area contributed by atoms with Gasteiger partial charge in [0.15, 0.2) is 5.01 Å². The highest BCUT2D eigenvalue weighted by atomic mass is 32.1. The predicted molar refractivity (Wildman–Crippen MR) is 102 cm³/mol. The smallest absolute Gasteiger partial charge is 0.201 e. The fraction of sp³-hybridized carbons (Fsp3) is 0.263. The van der Waals surface area contributed by atoms with Gasteiger partial charge in [0.1, 0.15) is 10.7 Å². The van der Waals surface area contributed by atoms with Gasteiger partial charge in [-0.05, 0) is 30.7 Å². The number of aryl methyl sites for hydroxylation is 1. The Balaban J connectivity index is 1.63. The van der Waals surface area contributed by atoms with Gasteiger partial charge in [-0.15, -0.1) is 10.2 Å². The highest BCUT2D eigenvalue weighted by molar-refractivity contribution is 7.18. The molecule has 0 spiro atoms. The van der Waals surface area contributed by atoms with Gasteiger partial charge in [0.25, 0.3) is 0 Å². The van der Waals surface area contributed by atoms with Crippen LogP contribution in [0.15, 0.2) is 42.9 Å². The molecule has 4 aromatic heterocycles. The molecule has 8 heteroatoms. The van der Waals surface area contributed by atoms with Crippen LogP contribution in [-0.4, -0.2) is 37.9 Å². The third kappa shape index (κ3) is 3.01. The number of fused-ring (bicyclic) bond motifs is 1. The maximum atomic E-state index is 5.76. The summed E-state index contributed by atoms with van der Waals surface area (Å²) in [6.45, 7) is 1.35. The summed E-state index contributed by atoms with van der Waals surface area (Å²) in [5.74, 6) is 0. The first kappa shape index (κ1) is 16.5. The van der Waals surface area contributed by atoms with E-state index in [1.807, 2.05) is 31.4 Å². The second kappa shape index (κ2) is 6.80. The zero-order chi connectivity index (χ0) is 18.2. The molecule has 1 saturated heterocycles. The Bertz CT molecular complexity index is 1090. The van der Waals surface area contributed by atoms with E-state index in [1.54, 1.807) is 12.4 Å². The van der Waals surface area contributed by atoms with E-state index in [0.29, 0.717) is 13.2 Å². The van der Waals surface area contributed by atoms with Crippen LogP contribution in [0, 0.1) is 0 Å². The lowest BCUT2D eigenvalue weighted by atomic mass is 10.2. The van der Waals surface area contributed by atoms with E-state index in [-0.39, 0.29) is 0 Å². The van der Waals surface area contributed by atoms with Crippen LogP contribution in [0.2, 0.25) is 0 Å². The van der Waals surface area contributed by atoms with E-state index in [0.717, 1.165) is 44.3 Å². The summed E-state index contributed by atoms with van der Waals surface area (Å²) in [5.41, 5.74) is 3.57. The number of nitrogens with zero attached hydrogens (tertiary/aromatic N) is 5. The van der Waals surface area contributed by atoms with Crippen LogP contribution in [0.5, 0.6) is 0 Å². The Kier molecular flexibility index (Phi) is 4.16. The molecule has 0 unspecified atom stereocenters. The summed E-state index contributed by atoms with van der Waals surface area (Å²) in [5, 5.41) is 11.4. The van der Waals surface area contributed by atoms with Gasteiger partial charge < -0.3 is 14.0 Å². The lowest BCUT2D eigenvalue weighted by Gasteiger charge is -2.23. The first-order valence-corrected chi connectivity index (χ1v) is 9.55. The highest BCUT2D eigenvalue weighted by Gasteiger charge is 2.22. The standard InChI is InChI=1S/C19H17N5O2S/c1-24-7-5-13-15(24)10-14(19-25-8-3-9-26-19)21-16(13)18-23-22-17(27-18)12-4-2-6-20-11-12/h2,4-7,10-11,19H,3,8-9H2,1H3. The van der Waals surface area contributed by atoms with Gasteiger partial charge in [0.2, 0.25) is 6.29 Å². The quantitative estimate of drug-likeness (QED) is 0.541. The normalized spacial score (nSPS) is 15.4. The van der Waals surface area contributed by atoms with Crippen LogP contribution >= 0.6 is 11.3 Å².